The molecule has 0 aromatic heterocycles. The number of hydrogen-bond donors (Lipinski definition) is 0. The zero-order chi connectivity index (χ0) is 8.48. The van der Waals surface area contributed by atoms with Crippen molar-refractivity contribution in [2.75, 3.05) is 0 Å². The van der Waals surface area contributed by atoms with E-state index in [1.165, 1.54) is 18.4 Å². The maximum atomic E-state index is 2.33. The second kappa shape index (κ2) is 2.84. The third-order valence-electron chi connectivity index (χ3n) is 2.64. The van der Waals surface area contributed by atoms with Crippen LogP contribution in [0.15, 0.2) is 23.3 Å². The number of allylic oxidation sites excluding steroid dienone is 4. The summed E-state index contributed by atoms with van der Waals surface area (Å²) in [6.45, 7) is 9.13. The summed E-state index contributed by atoms with van der Waals surface area (Å²) in [4.78, 5) is 0. The highest BCUT2D eigenvalue weighted by Gasteiger charge is 2.23. The van der Waals surface area contributed by atoms with Gasteiger partial charge in [0, 0.05) is 0 Å². The lowest BCUT2D eigenvalue weighted by Crippen LogP contribution is -2.17. The Morgan fingerprint density at radius 1 is 1.45 bits per heavy atom. The lowest BCUT2D eigenvalue weighted by Gasteiger charge is -2.30. The van der Waals surface area contributed by atoms with Crippen LogP contribution in [0.2, 0.25) is 0 Å². The van der Waals surface area contributed by atoms with Gasteiger partial charge in [-0.2, -0.15) is 0 Å². The van der Waals surface area contributed by atoms with Crippen molar-refractivity contribution in [3.63, 3.8) is 0 Å². The Morgan fingerprint density at radius 2 is 2.09 bits per heavy atom. The van der Waals surface area contributed by atoms with Crippen molar-refractivity contribution < 1.29 is 0 Å². The van der Waals surface area contributed by atoms with Crippen LogP contribution in [0.5, 0.6) is 0 Å². The molecule has 0 heterocycles. The summed E-state index contributed by atoms with van der Waals surface area (Å²) >= 11 is 0. The number of rotatable bonds is 1. The van der Waals surface area contributed by atoms with Crippen LogP contribution >= 0.6 is 0 Å². The van der Waals surface area contributed by atoms with E-state index < -0.39 is 0 Å². The van der Waals surface area contributed by atoms with Gasteiger partial charge in [0.05, 0.1) is 0 Å². The minimum absolute atomic E-state index is 0.410. The maximum Gasteiger partial charge on any atom is -0.0105 e. The van der Waals surface area contributed by atoms with Gasteiger partial charge < -0.3 is 0 Å². The van der Waals surface area contributed by atoms with Crippen molar-refractivity contribution in [1.29, 1.82) is 0 Å². The minimum Gasteiger partial charge on any atom is -0.0834 e. The molecule has 1 aliphatic carbocycles. The average molecular weight is 150 g/mol. The van der Waals surface area contributed by atoms with E-state index in [-0.39, 0.29) is 0 Å². The molecule has 0 spiro atoms. The maximum absolute atomic E-state index is 2.33. The van der Waals surface area contributed by atoms with E-state index in [0.717, 1.165) is 0 Å². The van der Waals surface area contributed by atoms with Crippen LogP contribution in [-0.4, -0.2) is 0 Å². The van der Waals surface area contributed by atoms with E-state index >= 15 is 0 Å². The van der Waals surface area contributed by atoms with Crippen molar-refractivity contribution >= 4 is 0 Å². The SMILES string of the molecule is CCC1=C(C)C=CCC1(C)C. The molecule has 0 bridgehead atoms. The molecule has 0 aliphatic heterocycles. The fourth-order valence-corrected chi connectivity index (χ4v) is 2.05. The van der Waals surface area contributed by atoms with Crippen LogP contribution in [0.25, 0.3) is 0 Å². The summed E-state index contributed by atoms with van der Waals surface area (Å²) < 4.78 is 0. The van der Waals surface area contributed by atoms with Crippen molar-refractivity contribution in [2.45, 2.75) is 40.5 Å². The van der Waals surface area contributed by atoms with E-state index in [0.29, 0.717) is 5.41 Å². The molecule has 1 aliphatic rings. The first kappa shape index (κ1) is 8.58. The molecular weight excluding hydrogens is 132 g/mol. The van der Waals surface area contributed by atoms with Crippen LogP contribution in [0.3, 0.4) is 0 Å². The minimum atomic E-state index is 0.410. The first-order valence-corrected chi connectivity index (χ1v) is 4.44. The second-order valence-corrected chi connectivity index (χ2v) is 4.01. The molecule has 0 amide bonds. The summed E-state index contributed by atoms with van der Waals surface area (Å²) in [5.74, 6) is 0. The molecule has 1 rings (SSSR count). The Labute approximate surface area is 70.0 Å². The van der Waals surface area contributed by atoms with E-state index in [2.05, 4.69) is 39.8 Å². The van der Waals surface area contributed by atoms with Crippen LogP contribution in [-0.2, 0) is 0 Å². The summed E-state index contributed by atoms with van der Waals surface area (Å²) in [6, 6.07) is 0. The quantitative estimate of drug-likeness (QED) is 0.534. The smallest absolute Gasteiger partial charge is 0.0105 e. The average Bonchev–Trinajstić information content (AvgIpc) is 1.86. The molecule has 0 aromatic carbocycles. The molecule has 0 unspecified atom stereocenters. The summed E-state index contributed by atoms with van der Waals surface area (Å²) in [7, 11) is 0. The topological polar surface area (TPSA) is 0 Å². The Hall–Kier alpha value is -0.520. The standard InChI is InChI=1S/C11H18/c1-5-10-9(2)7-6-8-11(10,3)4/h6-7H,5,8H2,1-4H3. The van der Waals surface area contributed by atoms with Gasteiger partial charge in [-0.25, -0.2) is 0 Å². The number of hydrogen-bond acceptors (Lipinski definition) is 0. The largest absolute Gasteiger partial charge is 0.0834 e. The predicted octanol–water partition coefficient (Wildman–Crippen LogP) is 3.70. The lowest BCUT2D eigenvalue weighted by atomic mass is 9.75. The van der Waals surface area contributed by atoms with Gasteiger partial charge in [-0.3, -0.25) is 0 Å². The van der Waals surface area contributed by atoms with Gasteiger partial charge in [-0.1, -0.05) is 44.1 Å². The molecule has 0 N–H and O–H groups in total. The van der Waals surface area contributed by atoms with Crippen molar-refractivity contribution in [3.05, 3.63) is 23.3 Å². The van der Waals surface area contributed by atoms with Gasteiger partial charge in [0.25, 0.3) is 0 Å². The lowest BCUT2D eigenvalue weighted by molar-refractivity contribution is 0.431. The molecule has 0 nitrogen and oxygen atoms in total. The van der Waals surface area contributed by atoms with Gasteiger partial charge in [0.1, 0.15) is 0 Å². The van der Waals surface area contributed by atoms with Crippen LogP contribution in [0, 0.1) is 5.41 Å². The fourth-order valence-electron chi connectivity index (χ4n) is 2.05. The van der Waals surface area contributed by atoms with E-state index in [9.17, 15) is 0 Å². The van der Waals surface area contributed by atoms with E-state index in [4.69, 9.17) is 0 Å². The summed E-state index contributed by atoms with van der Waals surface area (Å²) in [5, 5.41) is 0. The summed E-state index contributed by atoms with van der Waals surface area (Å²) in [6.07, 6.45) is 6.94. The molecule has 0 aromatic rings. The first-order chi connectivity index (χ1) is 5.08. The van der Waals surface area contributed by atoms with Crippen LogP contribution in [0.1, 0.15) is 40.5 Å². The van der Waals surface area contributed by atoms with Crippen molar-refractivity contribution in [2.24, 2.45) is 5.41 Å². The highest BCUT2D eigenvalue weighted by Crippen LogP contribution is 2.38. The zero-order valence-electron chi connectivity index (χ0n) is 8.07. The van der Waals surface area contributed by atoms with E-state index in [1.54, 1.807) is 5.57 Å². The van der Waals surface area contributed by atoms with Gasteiger partial charge in [-0.15, -0.1) is 0 Å². The Bertz CT molecular complexity index is 204. The third-order valence-corrected chi connectivity index (χ3v) is 2.64. The molecular formula is C11H18. The molecule has 0 radical (unpaired) electrons. The van der Waals surface area contributed by atoms with Gasteiger partial charge in [0.2, 0.25) is 0 Å². The van der Waals surface area contributed by atoms with Gasteiger partial charge in [0.15, 0.2) is 0 Å². The zero-order valence-corrected chi connectivity index (χ0v) is 8.07. The molecule has 11 heavy (non-hydrogen) atoms. The Morgan fingerprint density at radius 3 is 2.45 bits per heavy atom. The Balaban J connectivity index is 3.00. The van der Waals surface area contributed by atoms with Gasteiger partial charge in [-0.05, 0) is 25.2 Å². The van der Waals surface area contributed by atoms with Gasteiger partial charge >= 0.3 is 0 Å². The van der Waals surface area contributed by atoms with Crippen molar-refractivity contribution in [3.8, 4) is 0 Å². The summed E-state index contributed by atoms with van der Waals surface area (Å²) in [5.41, 5.74) is 3.51. The highest BCUT2D eigenvalue weighted by molar-refractivity contribution is 5.32. The second-order valence-electron chi connectivity index (χ2n) is 4.01. The van der Waals surface area contributed by atoms with Crippen LogP contribution in [0.4, 0.5) is 0 Å². The third kappa shape index (κ3) is 1.55. The highest BCUT2D eigenvalue weighted by atomic mass is 14.3. The molecule has 62 valence electrons. The molecule has 0 saturated heterocycles. The van der Waals surface area contributed by atoms with Crippen molar-refractivity contribution in [1.82, 2.24) is 0 Å². The fraction of sp³-hybridized carbons (Fsp3) is 0.636. The van der Waals surface area contributed by atoms with E-state index in [1.807, 2.05) is 0 Å². The predicted molar refractivity (Wildman–Crippen MR) is 50.5 cm³/mol. The van der Waals surface area contributed by atoms with Crippen LogP contribution < -0.4 is 0 Å². The molecule has 0 heteroatoms. The first-order valence-electron chi connectivity index (χ1n) is 4.44. The monoisotopic (exact) mass is 150 g/mol. The molecule has 0 saturated carbocycles. The molecule has 0 fully saturated rings. The molecule has 0 atom stereocenters. The normalized spacial score (nSPS) is 22.5. The Kier molecular flexibility index (Phi) is 2.22.